The molecule has 0 fully saturated rings. The van der Waals surface area contributed by atoms with Gasteiger partial charge in [0, 0.05) is 17.5 Å². The predicted octanol–water partition coefficient (Wildman–Crippen LogP) is 3.78. The Kier molecular flexibility index (Phi) is 5.49. The molecule has 0 spiro atoms. The van der Waals surface area contributed by atoms with Gasteiger partial charge >= 0.3 is 0 Å². The number of aliphatic hydroxyl groups excluding tert-OH is 1. The fourth-order valence-electron chi connectivity index (χ4n) is 2.68. The van der Waals surface area contributed by atoms with Crippen molar-refractivity contribution in [2.75, 3.05) is 13.2 Å². The lowest BCUT2D eigenvalue weighted by Gasteiger charge is -2.26. The van der Waals surface area contributed by atoms with Gasteiger partial charge in [-0.05, 0) is 49.8 Å². The maximum atomic E-state index is 9.02. The number of hydrogen-bond donors (Lipinski definition) is 2. The van der Waals surface area contributed by atoms with Crippen molar-refractivity contribution in [1.29, 1.82) is 0 Å². The number of aliphatic hydroxyl groups is 1. The Labute approximate surface area is 118 Å². The van der Waals surface area contributed by atoms with Gasteiger partial charge in [0.1, 0.15) is 0 Å². The third-order valence-corrected chi connectivity index (χ3v) is 5.19. The van der Waals surface area contributed by atoms with E-state index in [0.29, 0.717) is 18.6 Å². The van der Waals surface area contributed by atoms with Gasteiger partial charge in [0.15, 0.2) is 0 Å². The van der Waals surface area contributed by atoms with Crippen molar-refractivity contribution in [3.05, 3.63) is 20.8 Å². The van der Waals surface area contributed by atoms with Crippen LogP contribution in [0, 0.1) is 5.92 Å². The molecule has 0 aliphatic heterocycles. The molecule has 0 saturated heterocycles. The lowest BCUT2D eigenvalue weighted by atomic mass is 9.93. The molecule has 2 N–H and O–H groups in total. The maximum Gasteiger partial charge on any atom is 0.0934 e. The van der Waals surface area contributed by atoms with Crippen LogP contribution in [0.4, 0.5) is 0 Å². The standard InChI is InChI=1S/C14H22ClNOS/c1-2-10(6-7-17)9-16-12-4-3-5-13-11(12)8-14(15)18-13/h8,10,12,16-17H,2-7,9H2,1H3. The van der Waals surface area contributed by atoms with Crippen LogP contribution < -0.4 is 5.32 Å². The van der Waals surface area contributed by atoms with Gasteiger partial charge in [-0.1, -0.05) is 24.9 Å². The van der Waals surface area contributed by atoms with E-state index in [2.05, 4.69) is 18.3 Å². The summed E-state index contributed by atoms with van der Waals surface area (Å²) in [5, 5.41) is 12.7. The summed E-state index contributed by atoms with van der Waals surface area (Å²) in [7, 11) is 0. The first-order valence-electron chi connectivity index (χ1n) is 6.87. The first-order chi connectivity index (χ1) is 8.74. The van der Waals surface area contributed by atoms with Crippen LogP contribution >= 0.6 is 22.9 Å². The summed E-state index contributed by atoms with van der Waals surface area (Å²) in [5.74, 6) is 0.578. The number of aryl methyl sites for hydroxylation is 1. The van der Waals surface area contributed by atoms with E-state index < -0.39 is 0 Å². The number of rotatable bonds is 6. The van der Waals surface area contributed by atoms with Crippen molar-refractivity contribution in [3.8, 4) is 0 Å². The molecule has 0 saturated carbocycles. The Morgan fingerprint density at radius 2 is 2.44 bits per heavy atom. The molecule has 2 atom stereocenters. The summed E-state index contributed by atoms with van der Waals surface area (Å²) in [6, 6.07) is 2.59. The van der Waals surface area contributed by atoms with Crippen molar-refractivity contribution < 1.29 is 5.11 Å². The Morgan fingerprint density at radius 1 is 1.61 bits per heavy atom. The molecule has 0 aromatic carbocycles. The van der Waals surface area contributed by atoms with Crippen molar-refractivity contribution >= 4 is 22.9 Å². The molecule has 0 amide bonds. The Bertz CT molecular complexity index is 380. The number of nitrogens with one attached hydrogen (secondary N) is 1. The van der Waals surface area contributed by atoms with Crippen LogP contribution in [0.5, 0.6) is 0 Å². The highest BCUT2D eigenvalue weighted by atomic mass is 35.5. The monoisotopic (exact) mass is 287 g/mol. The van der Waals surface area contributed by atoms with Gasteiger partial charge in [-0.15, -0.1) is 11.3 Å². The second kappa shape index (κ2) is 6.90. The zero-order valence-corrected chi connectivity index (χ0v) is 12.5. The van der Waals surface area contributed by atoms with E-state index in [-0.39, 0.29) is 0 Å². The normalized spacial score (nSPS) is 20.7. The van der Waals surface area contributed by atoms with Gasteiger partial charge in [-0.25, -0.2) is 0 Å². The summed E-state index contributed by atoms with van der Waals surface area (Å²) in [6.45, 7) is 3.48. The molecule has 18 heavy (non-hydrogen) atoms. The zero-order chi connectivity index (χ0) is 13.0. The molecule has 1 heterocycles. The third-order valence-electron chi connectivity index (χ3n) is 3.85. The quantitative estimate of drug-likeness (QED) is 0.835. The predicted molar refractivity (Wildman–Crippen MR) is 78.5 cm³/mol. The second-order valence-corrected chi connectivity index (χ2v) is 6.84. The van der Waals surface area contributed by atoms with Gasteiger partial charge < -0.3 is 10.4 Å². The minimum Gasteiger partial charge on any atom is -0.396 e. The largest absolute Gasteiger partial charge is 0.396 e. The molecule has 1 aromatic heterocycles. The SMILES string of the molecule is CCC(CCO)CNC1CCCc2sc(Cl)cc21. The first kappa shape index (κ1) is 14.3. The summed E-state index contributed by atoms with van der Waals surface area (Å²) < 4.78 is 0.913. The van der Waals surface area contributed by atoms with Crippen molar-refractivity contribution in [2.24, 2.45) is 5.92 Å². The van der Waals surface area contributed by atoms with Crippen molar-refractivity contribution in [1.82, 2.24) is 5.32 Å². The Hall–Kier alpha value is -0.0900. The maximum absolute atomic E-state index is 9.02. The number of thiophene rings is 1. The molecule has 0 radical (unpaired) electrons. The van der Waals surface area contributed by atoms with E-state index in [4.69, 9.17) is 16.7 Å². The molecular weight excluding hydrogens is 266 g/mol. The number of halogens is 1. The number of fused-ring (bicyclic) bond motifs is 1. The highest BCUT2D eigenvalue weighted by Gasteiger charge is 2.22. The fraction of sp³-hybridized carbons (Fsp3) is 0.714. The van der Waals surface area contributed by atoms with Gasteiger partial charge in [0.25, 0.3) is 0 Å². The van der Waals surface area contributed by atoms with Crippen LogP contribution in [0.2, 0.25) is 4.34 Å². The second-order valence-electron chi connectivity index (χ2n) is 5.07. The average molecular weight is 288 g/mol. The van der Waals surface area contributed by atoms with E-state index >= 15 is 0 Å². The molecule has 1 aromatic rings. The van der Waals surface area contributed by atoms with Gasteiger partial charge in [0.2, 0.25) is 0 Å². The molecule has 2 rings (SSSR count). The van der Waals surface area contributed by atoms with E-state index in [1.807, 2.05) is 0 Å². The number of hydrogen-bond acceptors (Lipinski definition) is 3. The molecule has 2 nitrogen and oxygen atoms in total. The van der Waals surface area contributed by atoms with Crippen molar-refractivity contribution in [2.45, 2.75) is 45.1 Å². The van der Waals surface area contributed by atoms with Crippen LogP contribution in [0.25, 0.3) is 0 Å². The topological polar surface area (TPSA) is 32.3 Å². The van der Waals surface area contributed by atoms with Crippen LogP contribution in [-0.4, -0.2) is 18.3 Å². The van der Waals surface area contributed by atoms with Gasteiger partial charge in [-0.2, -0.15) is 0 Å². The summed E-state index contributed by atoms with van der Waals surface area (Å²) >= 11 is 7.84. The van der Waals surface area contributed by atoms with Crippen LogP contribution in [0.15, 0.2) is 6.07 Å². The van der Waals surface area contributed by atoms with Crippen molar-refractivity contribution in [3.63, 3.8) is 0 Å². The van der Waals surface area contributed by atoms with Crippen LogP contribution in [-0.2, 0) is 6.42 Å². The van der Waals surface area contributed by atoms with E-state index in [9.17, 15) is 0 Å². The van der Waals surface area contributed by atoms with E-state index in [1.165, 1.54) is 29.7 Å². The smallest absolute Gasteiger partial charge is 0.0934 e. The summed E-state index contributed by atoms with van der Waals surface area (Å²) in [6.07, 6.45) is 5.65. The average Bonchev–Trinajstić information content (AvgIpc) is 2.75. The van der Waals surface area contributed by atoms with E-state index in [0.717, 1.165) is 23.7 Å². The molecule has 2 unspecified atom stereocenters. The Morgan fingerprint density at radius 3 is 3.17 bits per heavy atom. The zero-order valence-electron chi connectivity index (χ0n) is 10.9. The third kappa shape index (κ3) is 3.47. The van der Waals surface area contributed by atoms with Gasteiger partial charge in [-0.3, -0.25) is 0 Å². The summed E-state index contributed by atoms with van der Waals surface area (Å²) in [4.78, 5) is 1.46. The van der Waals surface area contributed by atoms with Gasteiger partial charge in [0.05, 0.1) is 4.34 Å². The minimum atomic E-state index is 0.292. The van der Waals surface area contributed by atoms with Crippen LogP contribution in [0.3, 0.4) is 0 Å². The molecule has 1 aliphatic rings. The molecule has 102 valence electrons. The molecule has 0 bridgehead atoms. The lowest BCUT2D eigenvalue weighted by Crippen LogP contribution is -2.29. The van der Waals surface area contributed by atoms with Crippen LogP contribution in [0.1, 0.15) is 49.1 Å². The van der Waals surface area contributed by atoms with E-state index in [1.54, 1.807) is 11.3 Å². The Balaban J connectivity index is 1.94. The molecule has 1 aliphatic carbocycles. The highest BCUT2D eigenvalue weighted by Crippen LogP contribution is 2.37. The minimum absolute atomic E-state index is 0.292. The first-order valence-corrected chi connectivity index (χ1v) is 8.06. The fourth-order valence-corrected chi connectivity index (χ4v) is 4.06. The summed E-state index contributed by atoms with van der Waals surface area (Å²) in [5.41, 5.74) is 1.41. The molecular formula is C14H22ClNOS. The molecule has 4 heteroatoms. The highest BCUT2D eigenvalue weighted by molar-refractivity contribution is 7.16. The lowest BCUT2D eigenvalue weighted by molar-refractivity contribution is 0.247.